The van der Waals surface area contributed by atoms with Gasteiger partial charge >= 0.3 is 0 Å². The zero-order chi connectivity index (χ0) is 16.7. The predicted molar refractivity (Wildman–Crippen MR) is 94.2 cm³/mol. The number of aromatic nitrogens is 2. The molecule has 0 N–H and O–H groups in total. The molecular weight excluding hydrogens is 298 g/mol. The Bertz CT molecular complexity index is 893. The Morgan fingerprint density at radius 3 is 2.67 bits per heavy atom. The molecule has 1 aromatic carbocycles. The van der Waals surface area contributed by atoms with Gasteiger partial charge in [0.05, 0.1) is 17.9 Å². The summed E-state index contributed by atoms with van der Waals surface area (Å²) < 4.78 is 2.09. The molecule has 0 radical (unpaired) electrons. The Balaban J connectivity index is 1.60. The molecule has 1 aliphatic heterocycles. The third-order valence-corrected chi connectivity index (χ3v) is 4.78. The number of benzene rings is 1. The Morgan fingerprint density at radius 2 is 1.92 bits per heavy atom. The zero-order valence-corrected chi connectivity index (χ0v) is 14.1. The van der Waals surface area contributed by atoms with Crippen LogP contribution in [0.25, 0.3) is 5.65 Å². The molecule has 0 bridgehead atoms. The van der Waals surface area contributed by atoms with Crippen molar-refractivity contribution >= 4 is 11.6 Å². The highest BCUT2D eigenvalue weighted by Crippen LogP contribution is 2.22. The fraction of sp³-hybridized carbons (Fsp3) is 0.300. The Kier molecular flexibility index (Phi) is 3.60. The van der Waals surface area contributed by atoms with E-state index in [4.69, 9.17) is 0 Å². The van der Waals surface area contributed by atoms with Crippen molar-refractivity contribution < 1.29 is 4.79 Å². The van der Waals surface area contributed by atoms with Gasteiger partial charge in [0.15, 0.2) is 0 Å². The largest absolute Gasteiger partial charge is 0.332 e. The number of fused-ring (bicyclic) bond motifs is 3. The van der Waals surface area contributed by atoms with Gasteiger partial charge in [-0.25, -0.2) is 4.98 Å². The monoisotopic (exact) mass is 319 g/mol. The maximum Gasteiger partial charge on any atom is 0.254 e. The number of carbonyl (C=O) groups excluding carboxylic acids is 1. The first-order valence-electron chi connectivity index (χ1n) is 8.47. The number of hydrogen-bond donors (Lipinski definition) is 0. The molecule has 0 saturated heterocycles. The van der Waals surface area contributed by atoms with Crippen molar-refractivity contribution in [3.63, 3.8) is 0 Å². The van der Waals surface area contributed by atoms with Crippen LogP contribution in [0.15, 0.2) is 48.7 Å². The van der Waals surface area contributed by atoms with Gasteiger partial charge < -0.3 is 9.30 Å². The summed E-state index contributed by atoms with van der Waals surface area (Å²) in [6.07, 6.45) is 2.83. The average Bonchev–Trinajstić information content (AvgIpc) is 2.99. The zero-order valence-electron chi connectivity index (χ0n) is 14.1. The van der Waals surface area contributed by atoms with Crippen LogP contribution in [0, 0.1) is 0 Å². The minimum atomic E-state index is 0.0989. The third kappa shape index (κ3) is 2.48. The number of amides is 1. The van der Waals surface area contributed by atoms with E-state index in [0.717, 1.165) is 35.6 Å². The normalized spacial score (nSPS) is 14.2. The topological polar surface area (TPSA) is 37.6 Å². The second-order valence-corrected chi connectivity index (χ2v) is 6.69. The van der Waals surface area contributed by atoms with Crippen molar-refractivity contribution in [3.8, 4) is 0 Å². The quantitative estimate of drug-likeness (QED) is 0.723. The molecule has 3 aromatic rings. The van der Waals surface area contributed by atoms with Crippen LogP contribution in [0.5, 0.6) is 0 Å². The van der Waals surface area contributed by atoms with E-state index in [1.807, 2.05) is 41.4 Å². The highest BCUT2D eigenvalue weighted by molar-refractivity contribution is 5.94. The van der Waals surface area contributed by atoms with Gasteiger partial charge in [-0.15, -0.1) is 0 Å². The summed E-state index contributed by atoms with van der Waals surface area (Å²) in [5.41, 5.74) is 5.22. The number of carbonyl (C=O) groups is 1. The van der Waals surface area contributed by atoms with E-state index in [9.17, 15) is 4.79 Å². The van der Waals surface area contributed by atoms with Crippen molar-refractivity contribution in [2.45, 2.75) is 32.7 Å². The Morgan fingerprint density at radius 1 is 1.12 bits per heavy atom. The van der Waals surface area contributed by atoms with Gasteiger partial charge in [0, 0.05) is 24.7 Å². The summed E-state index contributed by atoms with van der Waals surface area (Å²) in [6.45, 7) is 5.66. The van der Waals surface area contributed by atoms with E-state index in [1.165, 1.54) is 5.56 Å². The Hall–Kier alpha value is -2.62. The standard InChI is InChI=1S/C20H21N3O/c1-14(2)15-6-8-16(9-7-15)20(24)22-12-10-17-18(13-22)23-11-4-3-5-19(23)21-17/h3-9,11,14H,10,12-13H2,1-2H3. The lowest BCUT2D eigenvalue weighted by molar-refractivity contribution is 0.0731. The van der Waals surface area contributed by atoms with Crippen LogP contribution in [-0.2, 0) is 13.0 Å². The molecule has 4 heteroatoms. The summed E-state index contributed by atoms with van der Waals surface area (Å²) >= 11 is 0. The molecule has 4 rings (SSSR count). The summed E-state index contributed by atoms with van der Waals surface area (Å²) in [7, 11) is 0. The lowest BCUT2D eigenvalue weighted by atomic mass is 10.0. The minimum Gasteiger partial charge on any atom is -0.332 e. The third-order valence-electron chi connectivity index (χ3n) is 4.78. The second-order valence-electron chi connectivity index (χ2n) is 6.69. The fourth-order valence-electron chi connectivity index (χ4n) is 3.33. The second kappa shape index (κ2) is 5.78. The smallest absolute Gasteiger partial charge is 0.254 e. The van der Waals surface area contributed by atoms with Crippen LogP contribution in [0.2, 0.25) is 0 Å². The number of hydrogen-bond acceptors (Lipinski definition) is 2. The minimum absolute atomic E-state index is 0.0989. The maximum atomic E-state index is 12.8. The molecule has 24 heavy (non-hydrogen) atoms. The first-order valence-corrected chi connectivity index (χ1v) is 8.47. The van der Waals surface area contributed by atoms with Crippen LogP contribution < -0.4 is 0 Å². The van der Waals surface area contributed by atoms with E-state index < -0.39 is 0 Å². The molecule has 2 aromatic heterocycles. The van der Waals surface area contributed by atoms with Crippen LogP contribution in [0.3, 0.4) is 0 Å². The molecule has 1 aliphatic rings. The van der Waals surface area contributed by atoms with Gasteiger partial charge in [0.2, 0.25) is 0 Å². The Labute approximate surface area is 141 Å². The molecule has 1 amide bonds. The van der Waals surface area contributed by atoms with E-state index >= 15 is 0 Å². The maximum absolute atomic E-state index is 12.8. The van der Waals surface area contributed by atoms with Crippen molar-refractivity contribution in [1.29, 1.82) is 0 Å². The van der Waals surface area contributed by atoms with Gasteiger partial charge in [-0.3, -0.25) is 4.79 Å². The van der Waals surface area contributed by atoms with Crippen molar-refractivity contribution in [3.05, 3.63) is 71.2 Å². The van der Waals surface area contributed by atoms with Crippen LogP contribution >= 0.6 is 0 Å². The number of nitrogens with zero attached hydrogens (tertiary/aromatic N) is 3. The lowest BCUT2D eigenvalue weighted by Gasteiger charge is -2.27. The van der Waals surface area contributed by atoms with Gasteiger partial charge in [0.25, 0.3) is 5.91 Å². The van der Waals surface area contributed by atoms with E-state index in [0.29, 0.717) is 12.5 Å². The fourth-order valence-corrected chi connectivity index (χ4v) is 3.33. The molecule has 0 fully saturated rings. The molecule has 3 heterocycles. The first-order chi connectivity index (χ1) is 11.6. The molecule has 0 saturated carbocycles. The molecule has 0 atom stereocenters. The molecule has 122 valence electrons. The van der Waals surface area contributed by atoms with E-state index in [-0.39, 0.29) is 5.91 Å². The van der Waals surface area contributed by atoms with E-state index in [1.54, 1.807) is 0 Å². The van der Waals surface area contributed by atoms with Gasteiger partial charge in [-0.05, 0) is 35.7 Å². The van der Waals surface area contributed by atoms with Crippen molar-refractivity contribution in [2.75, 3.05) is 6.54 Å². The summed E-state index contributed by atoms with van der Waals surface area (Å²) in [5.74, 6) is 0.576. The van der Waals surface area contributed by atoms with Crippen LogP contribution in [0.1, 0.15) is 47.1 Å². The van der Waals surface area contributed by atoms with Gasteiger partial charge in [-0.1, -0.05) is 32.0 Å². The van der Waals surface area contributed by atoms with Crippen LogP contribution in [0.4, 0.5) is 0 Å². The molecular formula is C20H21N3O. The number of rotatable bonds is 2. The number of imidazole rings is 1. The molecule has 0 aliphatic carbocycles. The van der Waals surface area contributed by atoms with Crippen molar-refractivity contribution in [1.82, 2.24) is 14.3 Å². The van der Waals surface area contributed by atoms with Gasteiger partial charge in [-0.2, -0.15) is 0 Å². The summed E-state index contributed by atoms with van der Waals surface area (Å²) in [4.78, 5) is 19.4. The molecule has 0 unspecified atom stereocenters. The summed E-state index contributed by atoms with van der Waals surface area (Å²) in [5, 5.41) is 0. The van der Waals surface area contributed by atoms with Crippen LogP contribution in [-0.4, -0.2) is 26.7 Å². The predicted octanol–water partition coefficient (Wildman–Crippen LogP) is 3.66. The summed E-state index contributed by atoms with van der Waals surface area (Å²) in [6, 6.07) is 14.0. The van der Waals surface area contributed by atoms with Crippen molar-refractivity contribution in [2.24, 2.45) is 0 Å². The van der Waals surface area contributed by atoms with E-state index in [2.05, 4.69) is 35.4 Å². The number of pyridine rings is 1. The SMILES string of the molecule is CC(C)c1ccc(C(=O)N2CCc3nc4ccccn4c3C2)cc1. The first kappa shape index (κ1) is 14.9. The molecule has 0 spiro atoms. The molecule has 4 nitrogen and oxygen atoms in total. The highest BCUT2D eigenvalue weighted by atomic mass is 16.2. The highest BCUT2D eigenvalue weighted by Gasteiger charge is 2.25. The average molecular weight is 319 g/mol. The lowest BCUT2D eigenvalue weighted by Crippen LogP contribution is -2.36. The van der Waals surface area contributed by atoms with Gasteiger partial charge in [0.1, 0.15) is 5.65 Å².